The number of aliphatic imine (C=N–C) groups is 1. The summed E-state index contributed by atoms with van der Waals surface area (Å²) in [6.45, 7) is 3.93. The first-order chi connectivity index (χ1) is 19.9. The van der Waals surface area contributed by atoms with Crippen LogP contribution >= 0.6 is 22.9 Å². The minimum atomic E-state index is -0.626. The van der Waals surface area contributed by atoms with Gasteiger partial charge in [0, 0.05) is 39.8 Å². The summed E-state index contributed by atoms with van der Waals surface area (Å²) in [5, 5.41) is 17.4. The highest BCUT2D eigenvalue weighted by Crippen LogP contribution is 2.46. The van der Waals surface area contributed by atoms with Crippen LogP contribution < -0.4 is 5.32 Å². The molecule has 0 unspecified atom stereocenters. The van der Waals surface area contributed by atoms with Gasteiger partial charge in [-0.05, 0) is 67.9 Å². The van der Waals surface area contributed by atoms with E-state index >= 15 is 0 Å². The number of hydrogen-bond donors (Lipinski definition) is 2. The predicted molar refractivity (Wildman–Crippen MR) is 161 cm³/mol. The van der Waals surface area contributed by atoms with Crippen molar-refractivity contribution >= 4 is 40.2 Å². The number of hydrogen-bond acceptors (Lipinski definition) is 7. The third kappa shape index (κ3) is 5.38. The Balaban J connectivity index is 1.47. The lowest BCUT2D eigenvalue weighted by Crippen LogP contribution is -2.16. The Labute approximate surface area is 245 Å². The van der Waals surface area contributed by atoms with Crippen LogP contribution in [0.15, 0.2) is 82.6 Å². The fraction of sp³-hybridized carbons (Fsp3) is 0.125. The molecule has 1 amide bonds. The summed E-state index contributed by atoms with van der Waals surface area (Å²) in [5.74, 6) is 6.98. The quantitative estimate of drug-likeness (QED) is 0.175. The summed E-state index contributed by atoms with van der Waals surface area (Å²) >= 11 is 7.79. The Bertz CT molecular complexity index is 1850. The zero-order chi connectivity index (χ0) is 28.5. The van der Waals surface area contributed by atoms with Gasteiger partial charge in [-0.1, -0.05) is 40.7 Å². The van der Waals surface area contributed by atoms with Crippen LogP contribution in [0.25, 0.3) is 10.4 Å². The highest BCUT2D eigenvalue weighted by atomic mass is 35.5. The number of aryl methyl sites for hydroxylation is 1. The summed E-state index contributed by atoms with van der Waals surface area (Å²) in [5.41, 5.74) is 6.51. The van der Waals surface area contributed by atoms with Crippen LogP contribution in [0.3, 0.4) is 0 Å². The first-order valence-electron chi connectivity index (χ1n) is 12.8. The van der Waals surface area contributed by atoms with Gasteiger partial charge in [-0.2, -0.15) is 0 Å². The molecule has 2 N–H and O–H groups in total. The van der Waals surface area contributed by atoms with Gasteiger partial charge in [-0.15, -0.1) is 11.3 Å². The van der Waals surface area contributed by atoms with Crippen molar-refractivity contribution in [3.8, 4) is 28.0 Å². The largest absolute Gasteiger partial charge is 0.508 e. The average Bonchev–Trinajstić information content (AvgIpc) is 3.47. The molecule has 3 aromatic heterocycles. The van der Waals surface area contributed by atoms with Gasteiger partial charge in [0.1, 0.15) is 11.8 Å². The third-order valence-corrected chi connectivity index (χ3v) is 8.21. The number of carbonyl (C=O) groups excluding carboxylic acids is 1. The summed E-state index contributed by atoms with van der Waals surface area (Å²) in [6, 6.07) is 16.9. The fourth-order valence-corrected chi connectivity index (χ4v) is 6.11. The molecule has 4 heterocycles. The Kier molecular flexibility index (Phi) is 7.14. The highest BCUT2D eigenvalue weighted by molar-refractivity contribution is 7.16. The van der Waals surface area contributed by atoms with Crippen molar-refractivity contribution in [2.75, 3.05) is 5.32 Å². The Hall–Kier alpha value is -4.71. The Morgan fingerprint density at radius 1 is 1.02 bits per heavy atom. The summed E-state index contributed by atoms with van der Waals surface area (Å²) < 4.78 is 5.86. The van der Waals surface area contributed by atoms with Gasteiger partial charge in [0.25, 0.3) is 0 Å². The second-order valence-electron chi connectivity index (χ2n) is 9.55. The zero-order valence-corrected chi connectivity index (χ0v) is 23.7. The molecule has 202 valence electrons. The number of anilines is 1. The number of benzene rings is 2. The standard InChI is InChI=1S/C32H23ClN4O3S/c1-18-26(12-3-20-13-15-34-16-14-20)41-32-28(18)30(21-4-6-22(33)7-5-21)36-25(31-29(32)19(2)37-40-31)17-27(39)35-23-8-10-24(38)11-9-23/h4-11,13-16,25,38H,17H2,1-2H3,(H,35,39)/t25-/m0/s1. The molecule has 2 aromatic carbocycles. The van der Waals surface area contributed by atoms with Gasteiger partial charge in [0.2, 0.25) is 5.91 Å². The first kappa shape index (κ1) is 26.5. The number of amides is 1. The zero-order valence-electron chi connectivity index (χ0n) is 22.1. The maximum absolute atomic E-state index is 13.2. The van der Waals surface area contributed by atoms with E-state index in [4.69, 9.17) is 21.1 Å². The average molecular weight is 579 g/mol. The summed E-state index contributed by atoms with van der Waals surface area (Å²) in [7, 11) is 0. The molecule has 5 aromatic rings. The third-order valence-electron chi connectivity index (χ3n) is 6.74. The van der Waals surface area contributed by atoms with Gasteiger partial charge in [0.15, 0.2) is 5.76 Å². The second kappa shape index (κ2) is 11.0. The minimum absolute atomic E-state index is 0.0301. The van der Waals surface area contributed by atoms with E-state index in [2.05, 4.69) is 27.3 Å². The van der Waals surface area contributed by atoms with E-state index < -0.39 is 6.04 Å². The van der Waals surface area contributed by atoms with Gasteiger partial charge in [0.05, 0.1) is 33.1 Å². The lowest BCUT2D eigenvalue weighted by molar-refractivity contribution is -0.116. The van der Waals surface area contributed by atoms with Crippen LogP contribution in [0.1, 0.15) is 51.0 Å². The highest BCUT2D eigenvalue weighted by Gasteiger charge is 2.34. The lowest BCUT2D eigenvalue weighted by Gasteiger charge is -2.13. The molecule has 1 atom stereocenters. The minimum Gasteiger partial charge on any atom is -0.508 e. The van der Waals surface area contributed by atoms with E-state index in [9.17, 15) is 9.90 Å². The maximum atomic E-state index is 13.2. The monoisotopic (exact) mass is 578 g/mol. The fourth-order valence-electron chi connectivity index (χ4n) is 4.73. The van der Waals surface area contributed by atoms with Crippen LogP contribution in [0.5, 0.6) is 5.75 Å². The molecule has 0 fully saturated rings. The molecule has 1 aliphatic heterocycles. The topological polar surface area (TPSA) is 101 Å². The number of nitrogens with one attached hydrogen (secondary N) is 1. The van der Waals surface area contributed by atoms with Crippen LogP contribution in [0.2, 0.25) is 5.02 Å². The van der Waals surface area contributed by atoms with Gasteiger partial charge >= 0.3 is 0 Å². The maximum Gasteiger partial charge on any atom is 0.227 e. The van der Waals surface area contributed by atoms with Crippen molar-refractivity contribution in [2.45, 2.75) is 26.3 Å². The van der Waals surface area contributed by atoms with Gasteiger partial charge < -0.3 is 14.9 Å². The van der Waals surface area contributed by atoms with E-state index in [1.165, 1.54) is 12.1 Å². The molecule has 0 bridgehead atoms. The van der Waals surface area contributed by atoms with Crippen LogP contribution in [-0.2, 0) is 4.79 Å². The number of pyridine rings is 1. The number of halogens is 1. The smallest absolute Gasteiger partial charge is 0.227 e. The molecule has 1 aliphatic rings. The number of carbonyl (C=O) groups is 1. The van der Waals surface area contributed by atoms with Crippen molar-refractivity contribution in [2.24, 2.45) is 4.99 Å². The van der Waals surface area contributed by atoms with E-state index in [1.807, 2.05) is 50.2 Å². The number of thiophene rings is 1. The first-order valence-corrected chi connectivity index (χ1v) is 14.0. The molecule has 0 aliphatic carbocycles. The van der Waals surface area contributed by atoms with Crippen LogP contribution in [0.4, 0.5) is 5.69 Å². The molecule has 7 nitrogen and oxygen atoms in total. The Morgan fingerprint density at radius 2 is 1.76 bits per heavy atom. The van der Waals surface area contributed by atoms with E-state index in [0.717, 1.165) is 43.3 Å². The van der Waals surface area contributed by atoms with Crippen molar-refractivity contribution in [3.05, 3.63) is 117 Å². The van der Waals surface area contributed by atoms with E-state index in [0.29, 0.717) is 22.2 Å². The summed E-state index contributed by atoms with van der Waals surface area (Å²) in [4.78, 5) is 24.3. The Morgan fingerprint density at radius 3 is 2.49 bits per heavy atom. The van der Waals surface area contributed by atoms with Crippen molar-refractivity contribution in [1.82, 2.24) is 10.1 Å². The van der Waals surface area contributed by atoms with Crippen molar-refractivity contribution in [3.63, 3.8) is 0 Å². The van der Waals surface area contributed by atoms with Crippen molar-refractivity contribution in [1.29, 1.82) is 0 Å². The van der Waals surface area contributed by atoms with E-state index in [-0.39, 0.29) is 18.1 Å². The number of aromatic nitrogens is 2. The molecule has 6 rings (SSSR count). The van der Waals surface area contributed by atoms with Crippen LogP contribution in [-0.4, -0.2) is 26.9 Å². The van der Waals surface area contributed by atoms with Gasteiger partial charge in [-0.25, -0.2) is 0 Å². The van der Waals surface area contributed by atoms with Crippen molar-refractivity contribution < 1.29 is 14.4 Å². The number of phenols is 1. The molecule has 41 heavy (non-hydrogen) atoms. The number of nitrogens with zero attached hydrogens (tertiary/aromatic N) is 3. The molecule has 0 saturated heterocycles. The van der Waals surface area contributed by atoms with E-state index in [1.54, 1.807) is 35.9 Å². The molecule has 0 saturated carbocycles. The predicted octanol–water partition coefficient (Wildman–Crippen LogP) is 7.09. The number of fused-ring (bicyclic) bond motifs is 3. The second-order valence-corrected chi connectivity index (χ2v) is 11.0. The molecule has 9 heteroatoms. The SMILES string of the molecule is Cc1noc2c1-c1sc(C#Cc3ccncc3)c(C)c1C(c1ccc(Cl)cc1)=N[C@H]2CC(=O)Nc1ccc(O)cc1. The lowest BCUT2D eigenvalue weighted by atomic mass is 9.96. The molecule has 0 spiro atoms. The molecular formula is C32H23ClN4O3S. The van der Waals surface area contributed by atoms with Crippen LogP contribution in [0, 0.1) is 25.7 Å². The normalized spacial score (nSPS) is 13.7. The number of phenolic OH excluding ortho intramolecular Hbond substituents is 1. The van der Waals surface area contributed by atoms with Gasteiger partial charge in [-0.3, -0.25) is 14.8 Å². The number of rotatable bonds is 4. The number of aromatic hydroxyl groups is 1. The molecule has 0 radical (unpaired) electrons. The summed E-state index contributed by atoms with van der Waals surface area (Å²) in [6.07, 6.45) is 3.47. The molecular weight excluding hydrogens is 556 g/mol.